The predicted molar refractivity (Wildman–Crippen MR) is 99.0 cm³/mol. The molecule has 1 N–H and O–H groups in total. The molecular formula is C19H21N5O4. The van der Waals surface area contributed by atoms with Gasteiger partial charge in [0.15, 0.2) is 11.5 Å². The van der Waals surface area contributed by atoms with E-state index in [-0.39, 0.29) is 30.1 Å². The quantitative estimate of drug-likeness (QED) is 0.838. The lowest BCUT2D eigenvalue weighted by molar-refractivity contribution is -0.117. The van der Waals surface area contributed by atoms with Gasteiger partial charge >= 0.3 is 0 Å². The molecule has 4 rings (SSSR count). The van der Waals surface area contributed by atoms with Crippen LogP contribution < -0.4 is 5.32 Å². The summed E-state index contributed by atoms with van der Waals surface area (Å²) in [5, 5.41) is 2.70. The van der Waals surface area contributed by atoms with Crippen LogP contribution >= 0.6 is 0 Å². The summed E-state index contributed by atoms with van der Waals surface area (Å²) in [6.45, 7) is 2.45. The van der Waals surface area contributed by atoms with Crippen LogP contribution in [-0.4, -0.2) is 70.1 Å². The zero-order chi connectivity index (χ0) is 19.5. The van der Waals surface area contributed by atoms with Gasteiger partial charge in [0, 0.05) is 38.8 Å². The molecule has 0 bridgehead atoms. The standard InChI is InChI=1S/C19H21N5O4/c25-15-4-1-3-14-13(15)11-20-19(21-14)22-17(26)12-23-6-8-24(9-7-23)18(27)16-5-2-10-28-16/h2,5,10-11H,1,3-4,6-9,12H2,(H,20,21,22,26). The van der Waals surface area contributed by atoms with E-state index in [1.165, 1.54) is 12.5 Å². The van der Waals surface area contributed by atoms with Crippen molar-refractivity contribution in [3.8, 4) is 0 Å². The highest BCUT2D eigenvalue weighted by atomic mass is 16.3. The molecule has 0 atom stereocenters. The summed E-state index contributed by atoms with van der Waals surface area (Å²) in [6.07, 6.45) is 5.00. The van der Waals surface area contributed by atoms with E-state index in [0.717, 1.165) is 12.8 Å². The number of piperazine rings is 1. The molecule has 0 aromatic carbocycles. The van der Waals surface area contributed by atoms with Gasteiger partial charge < -0.3 is 9.32 Å². The minimum absolute atomic E-state index is 0.0566. The highest BCUT2D eigenvalue weighted by molar-refractivity contribution is 5.98. The predicted octanol–water partition coefficient (Wildman–Crippen LogP) is 0.985. The SMILES string of the molecule is O=C(CN1CCN(C(=O)c2ccco2)CC1)Nc1ncc2c(n1)CCCC2=O. The summed E-state index contributed by atoms with van der Waals surface area (Å²) in [6, 6.07) is 3.33. The number of ketones is 1. The molecule has 2 aromatic rings. The van der Waals surface area contributed by atoms with Gasteiger partial charge in [-0.05, 0) is 25.0 Å². The highest BCUT2D eigenvalue weighted by Gasteiger charge is 2.25. The van der Waals surface area contributed by atoms with Crippen molar-refractivity contribution in [3.05, 3.63) is 41.6 Å². The Labute approximate surface area is 161 Å². The number of anilines is 1. The Kier molecular flexibility index (Phi) is 5.16. The topological polar surface area (TPSA) is 109 Å². The first-order valence-corrected chi connectivity index (χ1v) is 9.34. The molecule has 0 spiro atoms. The van der Waals surface area contributed by atoms with E-state index in [1.807, 2.05) is 4.90 Å². The number of hydrogen-bond acceptors (Lipinski definition) is 7. The van der Waals surface area contributed by atoms with E-state index >= 15 is 0 Å². The molecular weight excluding hydrogens is 362 g/mol. The van der Waals surface area contributed by atoms with Crippen molar-refractivity contribution in [1.82, 2.24) is 19.8 Å². The van der Waals surface area contributed by atoms with Crippen LogP contribution in [0.3, 0.4) is 0 Å². The Hall–Kier alpha value is -3.07. The monoisotopic (exact) mass is 383 g/mol. The maximum Gasteiger partial charge on any atom is 0.289 e. The number of nitrogens with zero attached hydrogens (tertiary/aromatic N) is 4. The second-order valence-electron chi connectivity index (χ2n) is 6.92. The second-order valence-corrected chi connectivity index (χ2v) is 6.92. The molecule has 2 aromatic heterocycles. The normalized spacial score (nSPS) is 17.3. The zero-order valence-electron chi connectivity index (χ0n) is 15.4. The number of hydrogen-bond donors (Lipinski definition) is 1. The average Bonchev–Trinajstić information content (AvgIpc) is 3.23. The third-order valence-corrected chi connectivity index (χ3v) is 5.00. The molecule has 9 nitrogen and oxygen atoms in total. The third kappa shape index (κ3) is 3.94. The van der Waals surface area contributed by atoms with Crippen LogP contribution in [0, 0.1) is 0 Å². The van der Waals surface area contributed by atoms with Gasteiger partial charge in [-0.2, -0.15) is 0 Å². The number of amides is 2. The minimum Gasteiger partial charge on any atom is -0.459 e. The van der Waals surface area contributed by atoms with Crippen LogP contribution in [0.25, 0.3) is 0 Å². The van der Waals surface area contributed by atoms with Gasteiger partial charge in [0.05, 0.1) is 24.1 Å². The van der Waals surface area contributed by atoms with Crippen LogP contribution in [0.15, 0.2) is 29.0 Å². The van der Waals surface area contributed by atoms with Crippen molar-refractivity contribution < 1.29 is 18.8 Å². The summed E-state index contributed by atoms with van der Waals surface area (Å²) < 4.78 is 5.15. The number of fused-ring (bicyclic) bond motifs is 1. The first-order chi connectivity index (χ1) is 13.6. The van der Waals surface area contributed by atoms with Crippen LogP contribution in [0.2, 0.25) is 0 Å². The number of rotatable bonds is 4. The third-order valence-electron chi connectivity index (χ3n) is 5.00. The Morgan fingerprint density at radius 2 is 2.00 bits per heavy atom. The van der Waals surface area contributed by atoms with Gasteiger partial charge in [0.2, 0.25) is 11.9 Å². The van der Waals surface area contributed by atoms with E-state index in [2.05, 4.69) is 15.3 Å². The summed E-state index contributed by atoms with van der Waals surface area (Å²) >= 11 is 0. The molecule has 2 amide bonds. The van der Waals surface area contributed by atoms with Gasteiger partial charge in [0.1, 0.15) is 0 Å². The first-order valence-electron chi connectivity index (χ1n) is 9.34. The largest absolute Gasteiger partial charge is 0.459 e. The fourth-order valence-electron chi connectivity index (χ4n) is 3.48. The van der Waals surface area contributed by atoms with Crippen molar-refractivity contribution in [2.24, 2.45) is 0 Å². The van der Waals surface area contributed by atoms with Gasteiger partial charge in [-0.25, -0.2) is 9.97 Å². The van der Waals surface area contributed by atoms with Crippen LogP contribution in [-0.2, 0) is 11.2 Å². The number of furan rings is 1. The van der Waals surface area contributed by atoms with Gasteiger partial charge in [-0.3, -0.25) is 24.6 Å². The lowest BCUT2D eigenvalue weighted by Gasteiger charge is -2.33. The van der Waals surface area contributed by atoms with Crippen LogP contribution in [0.4, 0.5) is 5.95 Å². The molecule has 146 valence electrons. The molecule has 0 saturated carbocycles. The van der Waals surface area contributed by atoms with E-state index in [9.17, 15) is 14.4 Å². The van der Waals surface area contributed by atoms with Crippen LogP contribution in [0.5, 0.6) is 0 Å². The molecule has 0 radical (unpaired) electrons. The van der Waals surface area contributed by atoms with Crippen molar-refractivity contribution in [2.45, 2.75) is 19.3 Å². The molecule has 3 heterocycles. The Bertz CT molecular complexity index is 888. The van der Waals surface area contributed by atoms with E-state index in [1.54, 1.807) is 17.0 Å². The molecule has 28 heavy (non-hydrogen) atoms. The summed E-state index contributed by atoms with van der Waals surface area (Å²) in [4.78, 5) is 48.5. The van der Waals surface area contributed by atoms with Crippen molar-refractivity contribution >= 4 is 23.5 Å². The lowest BCUT2D eigenvalue weighted by Crippen LogP contribution is -2.50. The molecule has 1 saturated heterocycles. The molecule has 0 unspecified atom stereocenters. The maximum atomic E-state index is 12.3. The van der Waals surface area contributed by atoms with Gasteiger partial charge in [0.25, 0.3) is 5.91 Å². The maximum absolute atomic E-state index is 12.3. The average molecular weight is 383 g/mol. The van der Waals surface area contributed by atoms with E-state index in [4.69, 9.17) is 4.42 Å². The zero-order valence-corrected chi connectivity index (χ0v) is 15.4. The minimum atomic E-state index is -0.215. The summed E-state index contributed by atoms with van der Waals surface area (Å²) in [5.74, 6) is 0.263. The number of nitrogens with one attached hydrogen (secondary N) is 1. The van der Waals surface area contributed by atoms with Gasteiger partial charge in [-0.1, -0.05) is 0 Å². The smallest absolute Gasteiger partial charge is 0.289 e. The summed E-state index contributed by atoms with van der Waals surface area (Å²) in [5.41, 5.74) is 1.26. The molecule has 1 aliphatic carbocycles. The fraction of sp³-hybridized carbons (Fsp3) is 0.421. The molecule has 1 fully saturated rings. The number of carbonyl (C=O) groups is 3. The van der Waals surface area contributed by atoms with Crippen molar-refractivity contribution in [2.75, 3.05) is 38.0 Å². The number of aromatic nitrogens is 2. The van der Waals surface area contributed by atoms with E-state index < -0.39 is 0 Å². The van der Waals surface area contributed by atoms with Crippen molar-refractivity contribution in [3.63, 3.8) is 0 Å². The summed E-state index contributed by atoms with van der Waals surface area (Å²) in [7, 11) is 0. The number of carbonyl (C=O) groups excluding carboxylic acids is 3. The number of Topliss-reactive ketones (excluding diaryl/α,β-unsaturated/α-hetero) is 1. The van der Waals surface area contributed by atoms with Crippen molar-refractivity contribution in [1.29, 1.82) is 0 Å². The van der Waals surface area contributed by atoms with Crippen LogP contribution in [0.1, 0.15) is 39.4 Å². The Morgan fingerprint density at radius 3 is 2.75 bits per heavy atom. The molecule has 1 aliphatic heterocycles. The van der Waals surface area contributed by atoms with E-state index in [0.29, 0.717) is 49.6 Å². The van der Waals surface area contributed by atoms with Gasteiger partial charge in [-0.15, -0.1) is 0 Å². The number of aryl methyl sites for hydroxylation is 1. The first kappa shape index (κ1) is 18.3. The fourth-order valence-corrected chi connectivity index (χ4v) is 3.48. The molecule has 9 heteroatoms. The molecule has 2 aliphatic rings. The highest BCUT2D eigenvalue weighted by Crippen LogP contribution is 2.19. The second kappa shape index (κ2) is 7.89. The Balaban J connectivity index is 1.28. The lowest BCUT2D eigenvalue weighted by atomic mass is 9.96. The Morgan fingerprint density at radius 1 is 1.18 bits per heavy atom.